The molecular formula is C14H17N5S2. The normalized spacial score (nSPS) is 11.0. The fourth-order valence-corrected chi connectivity index (χ4v) is 3.90. The number of nitrogens with one attached hydrogen (secondary N) is 1. The lowest BCUT2D eigenvalue weighted by Gasteiger charge is -2.19. The molecule has 0 bridgehead atoms. The Morgan fingerprint density at radius 3 is 2.76 bits per heavy atom. The quantitative estimate of drug-likeness (QED) is 0.798. The molecule has 3 aromatic heterocycles. The lowest BCUT2D eigenvalue weighted by Crippen LogP contribution is -2.18. The van der Waals surface area contributed by atoms with E-state index in [0.717, 1.165) is 28.3 Å². The first-order valence-corrected chi connectivity index (χ1v) is 8.34. The van der Waals surface area contributed by atoms with Gasteiger partial charge in [0.1, 0.15) is 10.6 Å². The first-order valence-electron chi connectivity index (χ1n) is 6.64. The molecule has 0 amide bonds. The molecule has 21 heavy (non-hydrogen) atoms. The van der Waals surface area contributed by atoms with Crippen molar-refractivity contribution in [2.45, 2.75) is 20.4 Å². The molecule has 0 aromatic carbocycles. The molecule has 0 saturated carbocycles. The lowest BCUT2D eigenvalue weighted by atomic mass is 10.3. The van der Waals surface area contributed by atoms with Gasteiger partial charge < -0.3 is 10.2 Å². The predicted octanol–water partition coefficient (Wildman–Crippen LogP) is 3.44. The van der Waals surface area contributed by atoms with Gasteiger partial charge in [0.05, 0.1) is 23.1 Å². The van der Waals surface area contributed by atoms with E-state index in [4.69, 9.17) is 0 Å². The SMILES string of the molecule is CNc1nc(N(C)Cc2scnc2C)c2cc(C)sc2n1. The highest BCUT2D eigenvalue weighted by atomic mass is 32.1. The van der Waals surface area contributed by atoms with Crippen LogP contribution in [0.25, 0.3) is 10.2 Å². The molecule has 0 saturated heterocycles. The minimum atomic E-state index is 0.659. The van der Waals surface area contributed by atoms with Gasteiger partial charge in [0.2, 0.25) is 5.95 Å². The summed E-state index contributed by atoms with van der Waals surface area (Å²) in [7, 11) is 3.91. The Bertz CT molecular complexity index is 777. The van der Waals surface area contributed by atoms with Gasteiger partial charge in [-0.25, -0.2) is 9.97 Å². The van der Waals surface area contributed by atoms with Crippen molar-refractivity contribution in [2.75, 3.05) is 24.3 Å². The standard InChI is InChI=1S/C14H17N5S2/c1-8-5-10-12(17-14(15-3)18-13(10)21-8)19(4)6-11-9(2)16-7-20-11/h5,7H,6H2,1-4H3,(H,15,17,18). The fourth-order valence-electron chi connectivity index (χ4n) is 2.20. The van der Waals surface area contributed by atoms with E-state index in [1.807, 2.05) is 19.5 Å². The molecule has 3 heterocycles. The molecule has 0 radical (unpaired) electrons. The number of anilines is 2. The summed E-state index contributed by atoms with van der Waals surface area (Å²) in [6.45, 7) is 4.95. The van der Waals surface area contributed by atoms with Crippen LogP contribution in [0.1, 0.15) is 15.4 Å². The Hall–Kier alpha value is -1.73. The van der Waals surface area contributed by atoms with Crippen molar-refractivity contribution in [3.8, 4) is 0 Å². The van der Waals surface area contributed by atoms with E-state index in [0.29, 0.717) is 5.95 Å². The number of fused-ring (bicyclic) bond motifs is 1. The van der Waals surface area contributed by atoms with Crippen LogP contribution in [0, 0.1) is 13.8 Å². The molecule has 0 aliphatic heterocycles. The molecule has 110 valence electrons. The zero-order valence-electron chi connectivity index (χ0n) is 12.5. The second-order valence-electron chi connectivity index (χ2n) is 4.91. The third-order valence-electron chi connectivity index (χ3n) is 3.31. The lowest BCUT2D eigenvalue weighted by molar-refractivity contribution is 0.905. The van der Waals surface area contributed by atoms with Crippen LogP contribution in [0.4, 0.5) is 11.8 Å². The molecule has 7 heteroatoms. The first-order chi connectivity index (χ1) is 10.1. The van der Waals surface area contributed by atoms with Crippen molar-refractivity contribution in [1.29, 1.82) is 0 Å². The Morgan fingerprint density at radius 2 is 2.10 bits per heavy atom. The number of hydrogen-bond acceptors (Lipinski definition) is 7. The Morgan fingerprint density at radius 1 is 1.29 bits per heavy atom. The minimum absolute atomic E-state index is 0.659. The van der Waals surface area contributed by atoms with Crippen LogP contribution in [-0.2, 0) is 6.54 Å². The van der Waals surface area contributed by atoms with Gasteiger partial charge in [-0.2, -0.15) is 4.98 Å². The van der Waals surface area contributed by atoms with Gasteiger partial charge in [-0.15, -0.1) is 22.7 Å². The van der Waals surface area contributed by atoms with Crippen LogP contribution < -0.4 is 10.2 Å². The van der Waals surface area contributed by atoms with Crippen molar-refractivity contribution < 1.29 is 0 Å². The maximum Gasteiger partial charge on any atom is 0.225 e. The van der Waals surface area contributed by atoms with E-state index in [-0.39, 0.29) is 0 Å². The summed E-state index contributed by atoms with van der Waals surface area (Å²) in [5.74, 6) is 1.62. The summed E-state index contributed by atoms with van der Waals surface area (Å²) < 4.78 is 0. The number of thiazole rings is 1. The Labute approximate surface area is 131 Å². The molecule has 3 rings (SSSR count). The molecule has 0 aliphatic rings. The van der Waals surface area contributed by atoms with Crippen molar-refractivity contribution in [1.82, 2.24) is 15.0 Å². The summed E-state index contributed by atoms with van der Waals surface area (Å²) in [4.78, 5) is 19.2. The van der Waals surface area contributed by atoms with E-state index in [1.54, 1.807) is 22.7 Å². The monoisotopic (exact) mass is 319 g/mol. The van der Waals surface area contributed by atoms with Gasteiger partial charge in [0.15, 0.2) is 0 Å². The Balaban J connectivity index is 2.03. The molecule has 0 aliphatic carbocycles. The highest BCUT2D eigenvalue weighted by Gasteiger charge is 2.15. The maximum absolute atomic E-state index is 4.64. The van der Waals surface area contributed by atoms with Gasteiger partial charge in [0.25, 0.3) is 0 Å². The number of hydrogen-bond donors (Lipinski definition) is 1. The van der Waals surface area contributed by atoms with E-state index in [2.05, 4.69) is 45.2 Å². The number of nitrogens with zero attached hydrogens (tertiary/aromatic N) is 4. The van der Waals surface area contributed by atoms with Crippen LogP contribution in [-0.4, -0.2) is 29.0 Å². The molecule has 0 unspecified atom stereocenters. The van der Waals surface area contributed by atoms with Crippen molar-refractivity contribution >= 4 is 44.7 Å². The summed E-state index contributed by atoms with van der Waals surface area (Å²) >= 11 is 3.38. The van der Waals surface area contributed by atoms with Crippen LogP contribution in [0.15, 0.2) is 11.6 Å². The highest BCUT2D eigenvalue weighted by molar-refractivity contribution is 7.18. The van der Waals surface area contributed by atoms with Gasteiger partial charge in [-0.3, -0.25) is 0 Å². The second kappa shape index (κ2) is 5.57. The molecular weight excluding hydrogens is 302 g/mol. The van der Waals surface area contributed by atoms with Crippen LogP contribution in [0.2, 0.25) is 0 Å². The van der Waals surface area contributed by atoms with E-state index in [1.165, 1.54) is 9.75 Å². The Kier molecular flexibility index (Phi) is 3.77. The summed E-state index contributed by atoms with van der Waals surface area (Å²) in [6.07, 6.45) is 0. The molecule has 0 spiro atoms. The van der Waals surface area contributed by atoms with Gasteiger partial charge in [0, 0.05) is 23.8 Å². The topological polar surface area (TPSA) is 53.9 Å². The smallest absolute Gasteiger partial charge is 0.225 e. The van der Waals surface area contributed by atoms with E-state index >= 15 is 0 Å². The van der Waals surface area contributed by atoms with Crippen LogP contribution >= 0.6 is 22.7 Å². The van der Waals surface area contributed by atoms with Crippen molar-refractivity contribution in [3.63, 3.8) is 0 Å². The third-order valence-corrected chi connectivity index (χ3v) is 5.17. The third kappa shape index (κ3) is 2.71. The molecule has 1 N–H and O–H groups in total. The van der Waals surface area contributed by atoms with E-state index in [9.17, 15) is 0 Å². The average Bonchev–Trinajstić information content (AvgIpc) is 3.02. The minimum Gasteiger partial charge on any atom is -0.357 e. The zero-order chi connectivity index (χ0) is 15.0. The first kappa shape index (κ1) is 14.2. The van der Waals surface area contributed by atoms with Gasteiger partial charge >= 0.3 is 0 Å². The summed E-state index contributed by atoms with van der Waals surface area (Å²) in [5, 5.41) is 4.15. The number of thiophene rings is 1. The predicted molar refractivity (Wildman–Crippen MR) is 90.7 cm³/mol. The number of rotatable bonds is 4. The fraction of sp³-hybridized carbons (Fsp3) is 0.357. The molecule has 5 nitrogen and oxygen atoms in total. The average molecular weight is 319 g/mol. The maximum atomic E-state index is 4.64. The van der Waals surface area contributed by atoms with Crippen LogP contribution in [0.3, 0.4) is 0 Å². The highest BCUT2D eigenvalue weighted by Crippen LogP contribution is 2.32. The molecule has 0 fully saturated rings. The molecule has 0 atom stereocenters. The molecule has 3 aromatic rings. The summed E-state index contributed by atoms with van der Waals surface area (Å²) in [6, 6.07) is 2.16. The van der Waals surface area contributed by atoms with Crippen molar-refractivity contribution in [2.24, 2.45) is 0 Å². The largest absolute Gasteiger partial charge is 0.357 e. The van der Waals surface area contributed by atoms with Crippen LogP contribution in [0.5, 0.6) is 0 Å². The van der Waals surface area contributed by atoms with E-state index < -0.39 is 0 Å². The zero-order valence-corrected chi connectivity index (χ0v) is 14.1. The number of aryl methyl sites for hydroxylation is 2. The second-order valence-corrected chi connectivity index (χ2v) is 7.09. The van der Waals surface area contributed by atoms with Crippen molar-refractivity contribution in [3.05, 3.63) is 27.0 Å². The summed E-state index contributed by atoms with van der Waals surface area (Å²) in [5.41, 5.74) is 2.98. The van der Waals surface area contributed by atoms with Gasteiger partial charge in [-0.05, 0) is 19.9 Å². The van der Waals surface area contributed by atoms with Gasteiger partial charge in [-0.1, -0.05) is 0 Å². The number of aromatic nitrogens is 3.